The molecule has 0 unspecified atom stereocenters. The number of anilines is 1. The largest absolute Gasteiger partial charge is 0.496 e. The van der Waals surface area contributed by atoms with Crippen molar-refractivity contribution in [2.75, 3.05) is 12.4 Å². The summed E-state index contributed by atoms with van der Waals surface area (Å²) < 4.78 is 7.28. The third-order valence-corrected chi connectivity index (χ3v) is 2.74. The molecular weight excluding hydrogens is 302 g/mol. The number of hydrogen-bond acceptors (Lipinski definition) is 5. The van der Waals surface area contributed by atoms with Gasteiger partial charge >= 0.3 is 0 Å². The van der Waals surface area contributed by atoms with Gasteiger partial charge in [-0.1, -0.05) is 21.0 Å². The van der Waals surface area contributed by atoms with E-state index in [0.29, 0.717) is 11.3 Å². The van der Waals surface area contributed by atoms with Crippen molar-refractivity contribution in [1.29, 1.82) is 0 Å². The number of nitrogens with zero attached hydrogens (tertiary/aromatic N) is 4. The van der Waals surface area contributed by atoms with Crippen LogP contribution in [0.15, 0.2) is 22.7 Å². The second-order valence-corrected chi connectivity index (χ2v) is 4.34. The van der Waals surface area contributed by atoms with Gasteiger partial charge in [0.15, 0.2) is 0 Å². The zero-order valence-corrected chi connectivity index (χ0v) is 11.3. The Kier molecular flexibility index (Phi) is 3.56. The van der Waals surface area contributed by atoms with Crippen LogP contribution in [-0.4, -0.2) is 33.2 Å². The maximum absolute atomic E-state index is 12.1. The van der Waals surface area contributed by atoms with E-state index in [-0.39, 0.29) is 11.9 Å². The normalized spacial score (nSPS) is 10.2. The van der Waals surface area contributed by atoms with Crippen molar-refractivity contribution in [3.8, 4) is 5.75 Å². The molecule has 0 aliphatic rings. The van der Waals surface area contributed by atoms with Crippen molar-refractivity contribution < 1.29 is 9.53 Å². The summed E-state index contributed by atoms with van der Waals surface area (Å²) in [6.45, 7) is 0. The minimum Gasteiger partial charge on any atom is -0.496 e. The quantitative estimate of drug-likeness (QED) is 0.922. The SMILES string of the molecule is COc1ccc(Br)cc1C(=O)Nc1nnnn1C. The number of methoxy groups -OCH3 is 1. The highest BCUT2D eigenvalue weighted by Gasteiger charge is 2.15. The van der Waals surface area contributed by atoms with E-state index in [0.717, 1.165) is 4.47 Å². The monoisotopic (exact) mass is 311 g/mol. The van der Waals surface area contributed by atoms with Crippen molar-refractivity contribution in [3.63, 3.8) is 0 Å². The van der Waals surface area contributed by atoms with E-state index in [1.807, 2.05) is 0 Å². The first-order chi connectivity index (χ1) is 8.61. The Morgan fingerprint density at radius 3 is 2.89 bits per heavy atom. The third kappa shape index (κ3) is 2.48. The summed E-state index contributed by atoms with van der Waals surface area (Å²) in [7, 11) is 3.14. The lowest BCUT2D eigenvalue weighted by Gasteiger charge is -2.08. The third-order valence-electron chi connectivity index (χ3n) is 2.25. The molecule has 0 radical (unpaired) electrons. The number of carbonyl (C=O) groups is 1. The summed E-state index contributed by atoms with van der Waals surface area (Å²) in [5.74, 6) is 0.402. The highest BCUT2D eigenvalue weighted by molar-refractivity contribution is 9.10. The second kappa shape index (κ2) is 5.13. The molecule has 2 aromatic rings. The molecule has 0 fully saturated rings. The minimum atomic E-state index is -0.342. The number of tetrazole rings is 1. The van der Waals surface area contributed by atoms with Gasteiger partial charge in [-0.2, -0.15) is 0 Å². The Bertz CT molecular complexity index is 583. The Morgan fingerprint density at radius 1 is 1.50 bits per heavy atom. The maximum atomic E-state index is 12.1. The number of rotatable bonds is 3. The molecule has 0 aliphatic heterocycles. The van der Waals surface area contributed by atoms with Gasteiger partial charge in [-0.05, 0) is 28.6 Å². The summed E-state index contributed by atoms with van der Waals surface area (Å²) in [6.07, 6.45) is 0. The number of carbonyl (C=O) groups excluding carboxylic acids is 1. The number of ether oxygens (including phenoxy) is 1. The molecule has 0 atom stereocenters. The fourth-order valence-electron chi connectivity index (χ4n) is 1.36. The van der Waals surface area contributed by atoms with Gasteiger partial charge in [0.25, 0.3) is 5.91 Å². The van der Waals surface area contributed by atoms with Crippen LogP contribution in [0.25, 0.3) is 0 Å². The summed E-state index contributed by atoms with van der Waals surface area (Å²) in [4.78, 5) is 12.1. The molecule has 1 N–H and O–H groups in total. The van der Waals surface area contributed by atoms with Crippen LogP contribution in [0.2, 0.25) is 0 Å². The van der Waals surface area contributed by atoms with Crippen LogP contribution in [-0.2, 0) is 7.05 Å². The van der Waals surface area contributed by atoms with Gasteiger partial charge in [0.05, 0.1) is 12.7 Å². The molecule has 0 saturated heterocycles. The molecule has 0 saturated carbocycles. The molecule has 0 spiro atoms. The minimum absolute atomic E-state index is 0.266. The van der Waals surface area contributed by atoms with Gasteiger partial charge in [-0.3, -0.25) is 10.1 Å². The van der Waals surface area contributed by atoms with Crippen molar-refractivity contribution >= 4 is 27.8 Å². The number of benzene rings is 1. The van der Waals surface area contributed by atoms with Crippen molar-refractivity contribution in [2.24, 2.45) is 7.05 Å². The van der Waals surface area contributed by atoms with Crippen LogP contribution in [0.4, 0.5) is 5.95 Å². The predicted molar refractivity (Wildman–Crippen MR) is 67.4 cm³/mol. The van der Waals surface area contributed by atoms with Crippen LogP contribution >= 0.6 is 15.9 Å². The predicted octanol–water partition coefficient (Wildman–Crippen LogP) is 1.23. The topological polar surface area (TPSA) is 81.9 Å². The van der Waals surface area contributed by atoms with E-state index in [4.69, 9.17) is 4.74 Å². The number of hydrogen-bond donors (Lipinski definition) is 1. The van der Waals surface area contributed by atoms with Crippen molar-refractivity contribution in [2.45, 2.75) is 0 Å². The number of amides is 1. The van der Waals surface area contributed by atoms with E-state index in [1.165, 1.54) is 11.8 Å². The molecule has 1 aromatic heterocycles. The smallest absolute Gasteiger partial charge is 0.261 e. The molecule has 1 aromatic carbocycles. The van der Waals surface area contributed by atoms with E-state index >= 15 is 0 Å². The standard InChI is InChI=1S/C10H10BrN5O2/c1-16-10(13-14-15-16)12-9(17)7-5-6(11)3-4-8(7)18-2/h3-5H,1-2H3,(H,12,13,15,17). The van der Waals surface area contributed by atoms with Gasteiger partial charge in [0, 0.05) is 11.5 Å². The summed E-state index contributed by atoms with van der Waals surface area (Å²) in [5, 5.41) is 13.3. The zero-order chi connectivity index (χ0) is 13.1. The van der Waals surface area contributed by atoms with Gasteiger partial charge in [-0.15, -0.1) is 0 Å². The summed E-state index contributed by atoms with van der Waals surface area (Å²) in [5.41, 5.74) is 0.398. The lowest BCUT2D eigenvalue weighted by molar-refractivity contribution is 0.102. The van der Waals surface area contributed by atoms with Gasteiger partial charge < -0.3 is 4.74 Å². The lowest BCUT2D eigenvalue weighted by atomic mass is 10.2. The Balaban J connectivity index is 2.29. The molecule has 8 heteroatoms. The highest BCUT2D eigenvalue weighted by Crippen LogP contribution is 2.23. The average molecular weight is 312 g/mol. The molecule has 1 amide bonds. The van der Waals surface area contributed by atoms with Gasteiger partial charge in [-0.25, -0.2) is 4.68 Å². The molecule has 2 rings (SSSR count). The molecule has 7 nitrogen and oxygen atoms in total. The van der Waals surface area contributed by atoms with Crippen LogP contribution in [0.1, 0.15) is 10.4 Å². The van der Waals surface area contributed by atoms with Crippen LogP contribution in [0.3, 0.4) is 0 Å². The molecule has 94 valence electrons. The van der Waals surface area contributed by atoms with Crippen molar-refractivity contribution in [3.05, 3.63) is 28.2 Å². The Labute approximate surface area is 111 Å². The molecule has 18 heavy (non-hydrogen) atoms. The lowest BCUT2D eigenvalue weighted by Crippen LogP contribution is -2.16. The highest BCUT2D eigenvalue weighted by atomic mass is 79.9. The molecule has 0 aliphatic carbocycles. The first kappa shape index (κ1) is 12.5. The molecule has 0 bridgehead atoms. The van der Waals surface area contributed by atoms with E-state index in [9.17, 15) is 4.79 Å². The molecule has 1 heterocycles. The fourth-order valence-corrected chi connectivity index (χ4v) is 1.72. The van der Waals surface area contributed by atoms with E-state index < -0.39 is 0 Å². The van der Waals surface area contributed by atoms with Crippen LogP contribution in [0, 0.1) is 0 Å². The first-order valence-electron chi connectivity index (χ1n) is 4.99. The Morgan fingerprint density at radius 2 is 2.28 bits per heavy atom. The number of nitrogens with one attached hydrogen (secondary N) is 1. The van der Waals surface area contributed by atoms with Crippen LogP contribution in [0.5, 0.6) is 5.75 Å². The second-order valence-electron chi connectivity index (χ2n) is 3.42. The van der Waals surface area contributed by atoms with Gasteiger partial charge in [0.2, 0.25) is 5.95 Å². The number of aromatic nitrogens is 4. The Hall–Kier alpha value is -1.96. The van der Waals surface area contributed by atoms with Gasteiger partial charge in [0.1, 0.15) is 5.75 Å². The van der Waals surface area contributed by atoms with E-state index in [2.05, 4.69) is 36.8 Å². The summed E-state index contributed by atoms with van der Waals surface area (Å²) in [6, 6.07) is 5.16. The maximum Gasteiger partial charge on any atom is 0.261 e. The van der Waals surface area contributed by atoms with E-state index in [1.54, 1.807) is 25.2 Å². The first-order valence-corrected chi connectivity index (χ1v) is 5.78. The molecular formula is C10H10BrN5O2. The number of aryl methyl sites for hydroxylation is 1. The fraction of sp³-hybridized carbons (Fsp3) is 0.200. The number of halogens is 1. The van der Waals surface area contributed by atoms with Crippen molar-refractivity contribution in [1.82, 2.24) is 20.2 Å². The van der Waals surface area contributed by atoms with Crippen LogP contribution < -0.4 is 10.1 Å². The zero-order valence-electron chi connectivity index (χ0n) is 9.72. The average Bonchev–Trinajstić information content (AvgIpc) is 2.75. The summed E-state index contributed by atoms with van der Waals surface area (Å²) >= 11 is 3.31.